The summed E-state index contributed by atoms with van der Waals surface area (Å²) in [7, 11) is 0. The van der Waals surface area contributed by atoms with Gasteiger partial charge in [-0.15, -0.1) is 0 Å². The molecule has 1 amide bonds. The number of carbonyl (C=O) groups excluding carboxylic acids is 1. The van der Waals surface area contributed by atoms with Gasteiger partial charge in [-0.25, -0.2) is 0 Å². The van der Waals surface area contributed by atoms with Crippen LogP contribution in [0.15, 0.2) is 63.6 Å². The van der Waals surface area contributed by atoms with E-state index in [1.54, 1.807) is 11.2 Å². The molecule has 3 aromatic rings. The van der Waals surface area contributed by atoms with E-state index in [1.807, 2.05) is 48.5 Å². The van der Waals surface area contributed by atoms with Crippen LogP contribution in [0.4, 0.5) is 5.88 Å². The summed E-state index contributed by atoms with van der Waals surface area (Å²) in [6.45, 7) is 9.22. The van der Waals surface area contributed by atoms with E-state index in [2.05, 4.69) is 25.7 Å². The summed E-state index contributed by atoms with van der Waals surface area (Å²) in [5, 5.41) is 0. The SMILES string of the molecule is CC(C)(C)c1ccc(OCC(=O)N(Cc2ccco2)Cc2ccc(N3CCCCC3)o2)cc1. The summed E-state index contributed by atoms with van der Waals surface area (Å²) in [6.07, 6.45) is 5.27. The summed E-state index contributed by atoms with van der Waals surface area (Å²) in [6, 6.07) is 15.6. The number of carbonyl (C=O) groups is 1. The van der Waals surface area contributed by atoms with Crippen molar-refractivity contribution in [3.63, 3.8) is 0 Å². The highest BCUT2D eigenvalue weighted by molar-refractivity contribution is 5.77. The van der Waals surface area contributed by atoms with E-state index >= 15 is 0 Å². The summed E-state index contributed by atoms with van der Waals surface area (Å²) in [5.74, 6) is 2.91. The summed E-state index contributed by atoms with van der Waals surface area (Å²) in [5.41, 5.74) is 1.30. The quantitative estimate of drug-likeness (QED) is 0.436. The number of piperidine rings is 1. The van der Waals surface area contributed by atoms with Crippen LogP contribution in [0.1, 0.15) is 57.1 Å². The Morgan fingerprint density at radius 1 is 0.970 bits per heavy atom. The maximum Gasteiger partial charge on any atom is 0.261 e. The minimum Gasteiger partial charge on any atom is -0.484 e. The molecular formula is C27H34N2O4. The third kappa shape index (κ3) is 6.21. The van der Waals surface area contributed by atoms with E-state index in [1.165, 1.54) is 24.8 Å². The molecule has 0 bridgehead atoms. The molecule has 1 aliphatic heterocycles. The van der Waals surface area contributed by atoms with Crippen molar-refractivity contribution in [2.75, 3.05) is 24.6 Å². The largest absolute Gasteiger partial charge is 0.484 e. The van der Waals surface area contributed by atoms with Gasteiger partial charge in [0, 0.05) is 19.2 Å². The van der Waals surface area contributed by atoms with Crippen LogP contribution in [0.3, 0.4) is 0 Å². The van der Waals surface area contributed by atoms with Gasteiger partial charge in [0.05, 0.1) is 19.4 Å². The molecule has 1 aliphatic rings. The molecule has 1 saturated heterocycles. The van der Waals surface area contributed by atoms with Crippen molar-refractivity contribution in [3.05, 3.63) is 71.9 Å². The third-order valence-corrected chi connectivity index (χ3v) is 6.02. The van der Waals surface area contributed by atoms with Gasteiger partial charge in [0.15, 0.2) is 12.5 Å². The number of nitrogens with zero attached hydrogens (tertiary/aromatic N) is 2. The lowest BCUT2D eigenvalue weighted by atomic mass is 9.87. The number of anilines is 1. The predicted octanol–water partition coefficient (Wildman–Crippen LogP) is 5.77. The van der Waals surface area contributed by atoms with E-state index < -0.39 is 0 Å². The Morgan fingerprint density at radius 2 is 1.70 bits per heavy atom. The number of hydrogen-bond donors (Lipinski definition) is 0. The van der Waals surface area contributed by atoms with Gasteiger partial charge in [0.1, 0.15) is 17.3 Å². The molecule has 0 unspecified atom stereocenters. The first-order valence-electron chi connectivity index (χ1n) is 11.8. The van der Waals surface area contributed by atoms with Gasteiger partial charge in [0.25, 0.3) is 5.91 Å². The second-order valence-corrected chi connectivity index (χ2v) is 9.68. The number of rotatable bonds is 8. The average Bonchev–Trinajstić information content (AvgIpc) is 3.50. The fourth-order valence-electron chi connectivity index (χ4n) is 4.03. The normalized spacial score (nSPS) is 14.3. The molecular weight excluding hydrogens is 416 g/mol. The van der Waals surface area contributed by atoms with Crippen LogP contribution in [0.5, 0.6) is 5.75 Å². The van der Waals surface area contributed by atoms with Crippen LogP contribution in [0.2, 0.25) is 0 Å². The van der Waals surface area contributed by atoms with Gasteiger partial charge in [0.2, 0.25) is 0 Å². The Labute approximate surface area is 196 Å². The molecule has 2 aromatic heterocycles. The number of amides is 1. The molecule has 176 valence electrons. The lowest BCUT2D eigenvalue weighted by Crippen LogP contribution is -2.34. The summed E-state index contributed by atoms with van der Waals surface area (Å²) in [4.78, 5) is 17.1. The van der Waals surface area contributed by atoms with Crippen molar-refractivity contribution >= 4 is 11.8 Å². The number of hydrogen-bond acceptors (Lipinski definition) is 5. The fourth-order valence-corrected chi connectivity index (χ4v) is 4.03. The molecule has 33 heavy (non-hydrogen) atoms. The Hall–Kier alpha value is -3.15. The third-order valence-electron chi connectivity index (χ3n) is 6.02. The molecule has 6 heteroatoms. The van der Waals surface area contributed by atoms with Crippen LogP contribution in [0, 0.1) is 0 Å². The molecule has 0 atom stereocenters. The molecule has 3 heterocycles. The van der Waals surface area contributed by atoms with E-state index in [0.29, 0.717) is 18.8 Å². The Kier molecular flexibility index (Phi) is 7.11. The highest BCUT2D eigenvalue weighted by atomic mass is 16.5. The van der Waals surface area contributed by atoms with Gasteiger partial charge in [-0.3, -0.25) is 4.79 Å². The zero-order valence-electron chi connectivity index (χ0n) is 19.9. The van der Waals surface area contributed by atoms with Gasteiger partial charge < -0.3 is 23.4 Å². The first-order valence-corrected chi connectivity index (χ1v) is 11.8. The second-order valence-electron chi connectivity index (χ2n) is 9.68. The molecule has 4 rings (SSSR count). The molecule has 0 saturated carbocycles. The Morgan fingerprint density at radius 3 is 2.36 bits per heavy atom. The van der Waals surface area contributed by atoms with Crippen LogP contribution in [-0.4, -0.2) is 30.5 Å². The highest BCUT2D eigenvalue weighted by Gasteiger charge is 2.20. The monoisotopic (exact) mass is 450 g/mol. The van der Waals surface area contributed by atoms with Crippen LogP contribution in [-0.2, 0) is 23.3 Å². The van der Waals surface area contributed by atoms with Gasteiger partial charge >= 0.3 is 0 Å². The molecule has 1 aromatic carbocycles. The van der Waals surface area contributed by atoms with Crippen LogP contribution >= 0.6 is 0 Å². The Balaban J connectivity index is 1.40. The number of ether oxygens (including phenoxy) is 1. The van der Waals surface area contributed by atoms with E-state index in [9.17, 15) is 4.79 Å². The van der Waals surface area contributed by atoms with Crippen molar-refractivity contribution in [3.8, 4) is 5.75 Å². The molecule has 0 radical (unpaired) electrons. The molecule has 6 nitrogen and oxygen atoms in total. The average molecular weight is 451 g/mol. The lowest BCUT2D eigenvalue weighted by molar-refractivity contribution is -0.135. The van der Waals surface area contributed by atoms with Crippen molar-refractivity contribution in [1.29, 1.82) is 0 Å². The summed E-state index contributed by atoms with van der Waals surface area (Å²) < 4.78 is 17.4. The lowest BCUT2D eigenvalue weighted by Gasteiger charge is -2.26. The maximum atomic E-state index is 13.1. The minimum atomic E-state index is -0.123. The molecule has 1 fully saturated rings. The Bertz CT molecular complexity index is 1010. The predicted molar refractivity (Wildman–Crippen MR) is 128 cm³/mol. The van der Waals surface area contributed by atoms with Crippen molar-refractivity contribution in [2.45, 2.75) is 58.5 Å². The fraction of sp³-hybridized carbons (Fsp3) is 0.444. The van der Waals surface area contributed by atoms with Gasteiger partial charge in [-0.1, -0.05) is 32.9 Å². The second kappa shape index (κ2) is 10.2. The standard InChI is InChI=1S/C27H34N2O4/c1-27(2,3)21-9-11-22(12-10-21)32-20-25(30)29(18-23-8-7-17-31-23)19-24-13-14-26(33-24)28-15-5-4-6-16-28/h7-14,17H,4-6,15-16,18-20H2,1-3H3. The minimum absolute atomic E-state index is 0.0464. The van der Waals surface area contributed by atoms with Crippen molar-refractivity contribution in [1.82, 2.24) is 4.90 Å². The van der Waals surface area contributed by atoms with E-state index in [0.717, 1.165) is 30.5 Å². The molecule has 0 spiro atoms. The molecule has 0 N–H and O–H groups in total. The maximum absolute atomic E-state index is 13.1. The van der Waals surface area contributed by atoms with Gasteiger partial charge in [-0.05, 0) is 60.6 Å². The van der Waals surface area contributed by atoms with E-state index in [-0.39, 0.29) is 17.9 Å². The van der Waals surface area contributed by atoms with E-state index in [4.69, 9.17) is 13.6 Å². The smallest absolute Gasteiger partial charge is 0.261 e. The zero-order valence-corrected chi connectivity index (χ0v) is 19.9. The van der Waals surface area contributed by atoms with Crippen molar-refractivity contribution < 1.29 is 18.4 Å². The molecule has 0 aliphatic carbocycles. The van der Waals surface area contributed by atoms with Gasteiger partial charge in [-0.2, -0.15) is 0 Å². The summed E-state index contributed by atoms with van der Waals surface area (Å²) >= 11 is 0. The number of furan rings is 2. The first kappa shape index (κ1) is 23.0. The van der Waals surface area contributed by atoms with Crippen molar-refractivity contribution in [2.24, 2.45) is 0 Å². The van der Waals surface area contributed by atoms with Crippen LogP contribution in [0.25, 0.3) is 0 Å². The van der Waals surface area contributed by atoms with Crippen LogP contribution < -0.4 is 9.64 Å². The first-order chi connectivity index (χ1) is 15.9. The number of benzene rings is 1. The topological polar surface area (TPSA) is 59.1 Å². The highest BCUT2D eigenvalue weighted by Crippen LogP contribution is 2.25. The zero-order chi connectivity index (χ0) is 23.3.